The van der Waals surface area contributed by atoms with Crippen molar-refractivity contribution in [2.45, 2.75) is 113 Å². The van der Waals surface area contributed by atoms with Gasteiger partial charge in [0.1, 0.15) is 41.5 Å². The van der Waals surface area contributed by atoms with Crippen molar-refractivity contribution in [1.82, 2.24) is 30.1 Å². The highest BCUT2D eigenvalue weighted by molar-refractivity contribution is 7.91. The van der Waals surface area contributed by atoms with E-state index in [1.54, 1.807) is 27.0 Å². The molecule has 0 radical (unpaired) electrons. The number of likely N-dealkylation sites (tertiary alicyclic amines) is 2. The van der Waals surface area contributed by atoms with Crippen LogP contribution in [0.25, 0.3) is 10.8 Å². The largest absolute Gasteiger partial charge is 0.472 e. The Hall–Kier alpha value is -5.26. The molecule has 1 aromatic carbocycles. The second-order valence-electron chi connectivity index (χ2n) is 16.3. The molecule has 0 spiro atoms. The van der Waals surface area contributed by atoms with Gasteiger partial charge in [-0.15, -0.1) is 6.58 Å². The van der Waals surface area contributed by atoms with Gasteiger partial charge in [-0.25, -0.2) is 23.0 Å². The van der Waals surface area contributed by atoms with Gasteiger partial charge >= 0.3 is 12.1 Å². The van der Waals surface area contributed by atoms with Crippen molar-refractivity contribution >= 4 is 56.5 Å². The number of esters is 1. The number of hydrogen-bond acceptors (Lipinski definition) is 12. The molecule has 7 rings (SSSR count). The first-order valence-electron chi connectivity index (χ1n) is 18.7. The van der Waals surface area contributed by atoms with Crippen LogP contribution in [0.1, 0.15) is 64.9 Å². The molecule has 3 aliphatic heterocycles. The van der Waals surface area contributed by atoms with E-state index in [2.05, 4.69) is 26.9 Å². The monoisotopic (exact) mass is 794 g/mol. The minimum Gasteiger partial charge on any atom is -0.472 e. The summed E-state index contributed by atoms with van der Waals surface area (Å²) in [7, 11) is -3.96. The molecule has 17 nitrogen and oxygen atoms in total. The van der Waals surface area contributed by atoms with Crippen LogP contribution in [0.5, 0.6) is 5.88 Å². The van der Waals surface area contributed by atoms with E-state index in [1.807, 2.05) is 31.2 Å². The standard InChI is InChI=1S/C38H46N6O11S/c1-6-22-17-38(22,35(49)42-56(51,52)25-8-9-25)41-31(46)28-14-23(53-32-26-10-7-20(2)13-21(26)11-12-39-32)19-44(28)33(47)27(40-36(50)55-37(3,4)5)16-30(45)43-18-24-15-29(43)34(48)54-24/h6-7,10-13,22-25,27-29H,1,8-9,14-19H2,2-5H3,(H,40,50)(H,41,46)(H,42,49)/t22?,23-,24+,27+,28+,29-,38-/m1/s1. The lowest BCUT2D eigenvalue weighted by molar-refractivity contribution is -0.157. The fourth-order valence-electron chi connectivity index (χ4n) is 7.68. The second kappa shape index (κ2) is 14.4. The lowest BCUT2D eigenvalue weighted by atomic mass is 10.1. The number of sulfonamides is 1. The van der Waals surface area contributed by atoms with E-state index < -0.39 is 105 Å². The van der Waals surface area contributed by atoms with Crippen molar-refractivity contribution in [3.8, 4) is 5.88 Å². The first kappa shape index (κ1) is 39.0. The van der Waals surface area contributed by atoms with Crippen LogP contribution in [0.2, 0.25) is 0 Å². The number of carbonyl (C=O) groups excluding carboxylic acids is 6. The van der Waals surface area contributed by atoms with Gasteiger partial charge in [-0.1, -0.05) is 23.8 Å². The highest BCUT2D eigenvalue weighted by atomic mass is 32.2. The molecular weight excluding hydrogens is 749 g/mol. The van der Waals surface area contributed by atoms with Crippen LogP contribution < -0.4 is 20.1 Å². The van der Waals surface area contributed by atoms with E-state index in [0.29, 0.717) is 24.6 Å². The third-order valence-corrected chi connectivity index (χ3v) is 12.6. The molecule has 1 aromatic heterocycles. The zero-order valence-corrected chi connectivity index (χ0v) is 32.4. The summed E-state index contributed by atoms with van der Waals surface area (Å²) in [5.74, 6) is -3.99. The molecule has 300 valence electrons. The Labute approximate surface area is 323 Å². The molecule has 7 atom stereocenters. The summed E-state index contributed by atoms with van der Waals surface area (Å²) in [6, 6.07) is 3.85. The fraction of sp³-hybridized carbons (Fsp3) is 0.553. The molecule has 5 fully saturated rings. The quantitative estimate of drug-likeness (QED) is 0.205. The molecule has 2 aromatic rings. The van der Waals surface area contributed by atoms with Crippen molar-refractivity contribution in [3.63, 3.8) is 0 Å². The second-order valence-corrected chi connectivity index (χ2v) is 18.2. The Morgan fingerprint density at radius 1 is 1.11 bits per heavy atom. The van der Waals surface area contributed by atoms with Crippen molar-refractivity contribution in [2.24, 2.45) is 5.92 Å². The minimum atomic E-state index is -3.96. The van der Waals surface area contributed by atoms with Gasteiger partial charge in [0.2, 0.25) is 33.6 Å². The molecule has 2 bridgehead atoms. The molecular formula is C38H46N6O11S. The lowest BCUT2D eigenvalue weighted by Crippen LogP contribution is -2.59. The fourth-order valence-corrected chi connectivity index (χ4v) is 9.05. The number of nitrogens with one attached hydrogen (secondary N) is 3. The number of aromatic nitrogens is 1. The van der Waals surface area contributed by atoms with Crippen molar-refractivity contribution in [1.29, 1.82) is 0 Å². The Balaban J connectivity index is 1.18. The van der Waals surface area contributed by atoms with Crippen LogP contribution in [-0.2, 0) is 43.5 Å². The number of ether oxygens (including phenoxy) is 3. The van der Waals surface area contributed by atoms with Gasteiger partial charge in [-0.2, -0.15) is 0 Å². The van der Waals surface area contributed by atoms with Crippen LogP contribution in [0, 0.1) is 12.8 Å². The topological polar surface area (TPSA) is 220 Å². The summed E-state index contributed by atoms with van der Waals surface area (Å²) in [6.07, 6.45) is 1.32. The number of alkyl carbamates (subject to hydrolysis) is 1. The lowest BCUT2D eigenvalue weighted by Gasteiger charge is -2.31. The van der Waals surface area contributed by atoms with Gasteiger partial charge in [0.15, 0.2) is 0 Å². The summed E-state index contributed by atoms with van der Waals surface area (Å²) >= 11 is 0. The van der Waals surface area contributed by atoms with Crippen LogP contribution in [0.15, 0.2) is 43.1 Å². The Kier molecular flexibility index (Phi) is 9.99. The average Bonchev–Trinajstić information content (AvgIpc) is 3.97. The van der Waals surface area contributed by atoms with Gasteiger partial charge in [0, 0.05) is 30.3 Å². The van der Waals surface area contributed by atoms with E-state index in [1.165, 1.54) is 15.9 Å². The zero-order chi connectivity index (χ0) is 40.3. The number of aryl methyl sites for hydroxylation is 1. The van der Waals surface area contributed by atoms with E-state index in [4.69, 9.17) is 14.2 Å². The number of fused-ring (bicyclic) bond motifs is 3. The first-order chi connectivity index (χ1) is 26.4. The number of morpholine rings is 1. The molecule has 5 aliphatic rings. The average molecular weight is 795 g/mol. The molecule has 3 N–H and O–H groups in total. The summed E-state index contributed by atoms with van der Waals surface area (Å²) < 4.78 is 44.6. The van der Waals surface area contributed by atoms with E-state index >= 15 is 0 Å². The highest BCUT2D eigenvalue weighted by Crippen LogP contribution is 2.45. The summed E-state index contributed by atoms with van der Waals surface area (Å²) in [4.78, 5) is 88.6. The number of carbonyl (C=O) groups is 6. The number of nitrogens with zero attached hydrogens (tertiary/aromatic N) is 3. The van der Waals surface area contributed by atoms with E-state index in [9.17, 15) is 37.2 Å². The Bertz CT molecular complexity index is 2120. The van der Waals surface area contributed by atoms with Crippen molar-refractivity contribution in [2.75, 3.05) is 13.1 Å². The van der Waals surface area contributed by atoms with E-state index in [0.717, 1.165) is 10.9 Å². The predicted octanol–water partition coefficient (Wildman–Crippen LogP) is 1.37. The van der Waals surface area contributed by atoms with Crippen molar-refractivity contribution < 1.29 is 51.4 Å². The minimum absolute atomic E-state index is 0.0753. The molecule has 3 saturated heterocycles. The van der Waals surface area contributed by atoms with Gasteiger partial charge in [0.05, 0.1) is 24.8 Å². The summed E-state index contributed by atoms with van der Waals surface area (Å²) in [5.41, 5.74) is -1.59. The maximum absolute atomic E-state index is 14.7. The molecule has 2 saturated carbocycles. The van der Waals surface area contributed by atoms with Gasteiger partial charge in [-0.05, 0) is 64.5 Å². The Morgan fingerprint density at radius 3 is 2.50 bits per heavy atom. The first-order valence-corrected chi connectivity index (χ1v) is 20.2. The third-order valence-electron chi connectivity index (χ3n) is 10.8. The molecule has 1 unspecified atom stereocenters. The summed E-state index contributed by atoms with van der Waals surface area (Å²) in [5, 5.41) is 6.09. The normalized spacial score (nSPS) is 27.3. The smallest absolute Gasteiger partial charge is 0.408 e. The summed E-state index contributed by atoms with van der Waals surface area (Å²) in [6.45, 7) is 10.5. The van der Waals surface area contributed by atoms with Gasteiger partial charge < -0.3 is 34.6 Å². The molecule has 5 amide bonds. The number of rotatable bonds is 12. The third kappa shape index (κ3) is 7.88. The van der Waals surface area contributed by atoms with Crippen LogP contribution >= 0.6 is 0 Å². The van der Waals surface area contributed by atoms with Crippen LogP contribution in [0.4, 0.5) is 4.79 Å². The van der Waals surface area contributed by atoms with Gasteiger partial charge in [-0.3, -0.25) is 23.9 Å². The van der Waals surface area contributed by atoms with Crippen LogP contribution in [-0.4, -0.2) is 119 Å². The number of pyridine rings is 1. The highest BCUT2D eigenvalue weighted by Gasteiger charge is 2.62. The van der Waals surface area contributed by atoms with Gasteiger partial charge in [0.25, 0.3) is 5.91 Å². The number of hydrogen-bond donors (Lipinski definition) is 3. The molecule has 56 heavy (non-hydrogen) atoms. The predicted molar refractivity (Wildman–Crippen MR) is 198 cm³/mol. The number of benzene rings is 1. The van der Waals surface area contributed by atoms with Crippen molar-refractivity contribution in [3.05, 3.63) is 48.7 Å². The van der Waals surface area contributed by atoms with Crippen LogP contribution in [0.3, 0.4) is 0 Å². The molecule has 4 heterocycles. The molecule has 2 aliphatic carbocycles. The Morgan fingerprint density at radius 2 is 1.86 bits per heavy atom. The maximum Gasteiger partial charge on any atom is 0.408 e. The molecule has 18 heteroatoms. The van der Waals surface area contributed by atoms with E-state index in [-0.39, 0.29) is 31.8 Å². The maximum atomic E-state index is 14.7. The SMILES string of the molecule is C=CC1C[C@]1(NC(=O)[C@@H]1C[C@@H](Oc2nccc3cc(C)ccc23)CN1C(=O)[C@H](CC(=O)N1C[C@@H]2C[C@@H]1C(=O)O2)NC(=O)OC(C)(C)C)C(=O)NS(=O)(=O)C1CC1. The zero-order valence-electron chi connectivity index (χ0n) is 31.6. The number of amides is 5.